The quantitative estimate of drug-likeness (QED) is 0.484. The van der Waals surface area contributed by atoms with Crippen molar-refractivity contribution >= 4 is 18.1 Å². The molecule has 1 amide bonds. The van der Waals surface area contributed by atoms with Gasteiger partial charge in [0.25, 0.3) is 0 Å². The second kappa shape index (κ2) is 10.5. The van der Waals surface area contributed by atoms with Crippen LogP contribution in [0, 0.1) is 10.7 Å². The van der Waals surface area contributed by atoms with Crippen LogP contribution in [0.1, 0.15) is 43.3 Å². The molecule has 0 unspecified atom stereocenters. The number of nitrogens with zero attached hydrogens (tertiary/aromatic N) is 4. The van der Waals surface area contributed by atoms with E-state index in [1.807, 2.05) is 21.4 Å². The summed E-state index contributed by atoms with van der Waals surface area (Å²) < 4.78 is 4.56. The Morgan fingerprint density at radius 2 is 1.61 bits per heavy atom. The topological polar surface area (TPSA) is 69.1 Å². The van der Waals surface area contributed by atoms with Crippen molar-refractivity contribution in [2.75, 3.05) is 7.05 Å². The highest BCUT2D eigenvalue weighted by Crippen LogP contribution is 2.28. The molecule has 0 aliphatic heterocycles. The lowest BCUT2D eigenvalue weighted by Crippen LogP contribution is -2.28. The molecule has 1 heterocycles. The van der Waals surface area contributed by atoms with Gasteiger partial charge in [-0.15, -0.1) is 0 Å². The number of aryl methyl sites for hydroxylation is 1. The van der Waals surface area contributed by atoms with Crippen LogP contribution in [0.5, 0.6) is 0 Å². The minimum atomic E-state index is -0.332. The van der Waals surface area contributed by atoms with E-state index in [2.05, 4.69) is 74.3 Å². The average Bonchev–Trinajstić information content (AvgIpc) is 3.02. The Balaban J connectivity index is 1.93. The zero-order valence-corrected chi connectivity index (χ0v) is 19.3. The van der Waals surface area contributed by atoms with Gasteiger partial charge >= 0.3 is 0 Å². The fraction of sp³-hybridized carbons (Fsp3) is 0.375. The van der Waals surface area contributed by atoms with Crippen LogP contribution in [-0.4, -0.2) is 32.2 Å². The van der Waals surface area contributed by atoms with E-state index in [4.69, 9.17) is 23.1 Å². The summed E-state index contributed by atoms with van der Waals surface area (Å²) in [6.45, 7) is 5.58. The molecule has 31 heavy (non-hydrogen) atoms. The zero-order valence-electron chi connectivity index (χ0n) is 18.4. The monoisotopic (exact) mass is 437 g/mol. The number of amides is 1. The van der Waals surface area contributed by atoms with E-state index in [-0.39, 0.29) is 18.4 Å². The van der Waals surface area contributed by atoms with Gasteiger partial charge < -0.3 is 10.3 Å². The van der Waals surface area contributed by atoms with Gasteiger partial charge in [-0.2, -0.15) is 5.10 Å². The van der Waals surface area contributed by atoms with Crippen molar-refractivity contribution in [2.45, 2.75) is 45.9 Å². The van der Waals surface area contributed by atoms with E-state index >= 15 is 0 Å². The molecule has 0 aliphatic carbocycles. The first kappa shape index (κ1) is 22.9. The number of hydrogen-bond acceptors (Lipinski definition) is 4. The summed E-state index contributed by atoms with van der Waals surface area (Å²) in [5.41, 5.74) is 7.78. The van der Waals surface area contributed by atoms with Crippen molar-refractivity contribution in [1.29, 1.82) is 0 Å². The van der Waals surface area contributed by atoms with Gasteiger partial charge in [0.15, 0.2) is 4.77 Å². The summed E-state index contributed by atoms with van der Waals surface area (Å²) >= 11 is 5.77. The molecular weight excluding hydrogens is 406 g/mol. The van der Waals surface area contributed by atoms with Crippen LogP contribution in [-0.2, 0) is 24.4 Å². The minimum Gasteiger partial charge on any atom is -0.370 e. The van der Waals surface area contributed by atoms with Crippen molar-refractivity contribution in [2.24, 2.45) is 11.7 Å². The predicted molar refractivity (Wildman–Crippen MR) is 126 cm³/mol. The largest absolute Gasteiger partial charge is 0.370 e. The third-order valence-corrected chi connectivity index (χ3v) is 5.60. The Bertz CT molecular complexity index is 1000. The standard InChI is InChI=1S/C24H31N5OS/c1-18(2)16-28-22(15-14-21(25)30)26-29(24(28)31)17-27(3)23(19-10-6-4-7-11-19)20-12-8-5-9-13-20/h4-13,18,23H,14-17H2,1-3H3,(H2,25,30). The van der Waals surface area contributed by atoms with Crippen LogP contribution in [0.2, 0.25) is 0 Å². The summed E-state index contributed by atoms with van der Waals surface area (Å²) in [6.07, 6.45) is 0.750. The molecular formula is C24H31N5OS. The van der Waals surface area contributed by atoms with Gasteiger partial charge in [0.2, 0.25) is 5.91 Å². The fourth-order valence-electron chi connectivity index (χ4n) is 3.81. The molecule has 0 saturated carbocycles. The lowest BCUT2D eigenvalue weighted by molar-refractivity contribution is -0.118. The maximum absolute atomic E-state index is 11.3. The van der Waals surface area contributed by atoms with E-state index in [1.165, 1.54) is 11.1 Å². The number of carbonyl (C=O) groups is 1. The Kier molecular flexibility index (Phi) is 7.76. The summed E-state index contributed by atoms with van der Waals surface area (Å²) in [4.78, 5) is 13.6. The first-order valence-corrected chi connectivity index (χ1v) is 11.0. The highest BCUT2D eigenvalue weighted by atomic mass is 32.1. The van der Waals surface area contributed by atoms with E-state index in [9.17, 15) is 4.79 Å². The van der Waals surface area contributed by atoms with Crippen LogP contribution in [0.25, 0.3) is 0 Å². The molecule has 2 aromatic carbocycles. The lowest BCUT2D eigenvalue weighted by Gasteiger charge is -2.28. The zero-order chi connectivity index (χ0) is 22.4. The number of rotatable bonds is 10. The smallest absolute Gasteiger partial charge is 0.217 e. The number of aromatic nitrogens is 3. The average molecular weight is 438 g/mol. The Morgan fingerprint density at radius 3 is 2.10 bits per heavy atom. The molecule has 7 heteroatoms. The van der Waals surface area contributed by atoms with Crippen LogP contribution in [0.3, 0.4) is 0 Å². The highest BCUT2D eigenvalue weighted by molar-refractivity contribution is 7.71. The molecule has 0 bridgehead atoms. The molecule has 0 atom stereocenters. The minimum absolute atomic E-state index is 0.0635. The predicted octanol–water partition coefficient (Wildman–Crippen LogP) is 4.17. The summed E-state index contributed by atoms with van der Waals surface area (Å²) in [5.74, 6) is 0.888. The first-order chi connectivity index (χ1) is 14.9. The van der Waals surface area contributed by atoms with Gasteiger partial charge in [0.05, 0.1) is 12.7 Å². The van der Waals surface area contributed by atoms with Crippen molar-refractivity contribution in [3.63, 3.8) is 0 Å². The maximum Gasteiger partial charge on any atom is 0.217 e. The number of benzene rings is 2. The number of primary amides is 1. The lowest BCUT2D eigenvalue weighted by atomic mass is 9.98. The van der Waals surface area contributed by atoms with Gasteiger partial charge in [0.1, 0.15) is 5.82 Å². The van der Waals surface area contributed by atoms with Crippen molar-refractivity contribution in [1.82, 2.24) is 19.2 Å². The van der Waals surface area contributed by atoms with E-state index in [0.717, 1.165) is 12.4 Å². The normalized spacial score (nSPS) is 11.5. The van der Waals surface area contributed by atoms with Gasteiger partial charge in [0, 0.05) is 19.4 Å². The van der Waals surface area contributed by atoms with Crippen LogP contribution >= 0.6 is 12.2 Å². The summed E-state index contributed by atoms with van der Waals surface area (Å²) in [5, 5.41) is 4.77. The Morgan fingerprint density at radius 1 is 1.06 bits per heavy atom. The SMILES string of the molecule is CC(C)Cn1c(CCC(N)=O)nn(CN(C)C(c2ccccc2)c2ccccc2)c1=S. The second-order valence-electron chi connectivity index (χ2n) is 8.29. The first-order valence-electron chi connectivity index (χ1n) is 10.6. The second-order valence-corrected chi connectivity index (χ2v) is 8.66. The molecule has 1 aromatic heterocycles. The highest BCUT2D eigenvalue weighted by Gasteiger charge is 2.21. The van der Waals surface area contributed by atoms with E-state index in [0.29, 0.717) is 23.8 Å². The van der Waals surface area contributed by atoms with Crippen LogP contribution in [0.15, 0.2) is 60.7 Å². The molecule has 3 rings (SSSR count). The van der Waals surface area contributed by atoms with Crippen molar-refractivity contribution in [3.8, 4) is 0 Å². The number of nitrogens with two attached hydrogens (primary N) is 1. The van der Waals surface area contributed by atoms with E-state index in [1.54, 1.807) is 0 Å². The molecule has 0 radical (unpaired) electrons. The molecule has 3 aromatic rings. The van der Waals surface area contributed by atoms with Crippen molar-refractivity contribution < 1.29 is 4.79 Å². The third-order valence-electron chi connectivity index (χ3n) is 5.17. The molecule has 2 N–H and O–H groups in total. The maximum atomic E-state index is 11.3. The molecule has 6 nitrogen and oxygen atoms in total. The molecule has 0 saturated heterocycles. The van der Waals surface area contributed by atoms with Gasteiger partial charge in [-0.05, 0) is 36.3 Å². The Hall–Kier alpha value is -2.77. The molecule has 0 fully saturated rings. The summed E-state index contributed by atoms with van der Waals surface area (Å²) in [6, 6.07) is 20.9. The number of carbonyl (C=O) groups excluding carboxylic acids is 1. The van der Waals surface area contributed by atoms with Gasteiger partial charge in [-0.1, -0.05) is 74.5 Å². The van der Waals surface area contributed by atoms with Crippen LogP contribution < -0.4 is 5.73 Å². The van der Waals surface area contributed by atoms with Crippen LogP contribution in [0.4, 0.5) is 0 Å². The Labute approximate surface area is 189 Å². The van der Waals surface area contributed by atoms with Gasteiger partial charge in [-0.25, -0.2) is 4.68 Å². The fourth-order valence-corrected chi connectivity index (χ4v) is 4.09. The molecule has 164 valence electrons. The number of hydrogen-bond donors (Lipinski definition) is 1. The van der Waals surface area contributed by atoms with E-state index < -0.39 is 0 Å². The molecule has 0 aliphatic rings. The third kappa shape index (κ3) is 5.89. The summed E-state index contributed by atoms with van der Waals surface area (Å²) in [7, 11) is 2.08. The molecule has 0 spiro atoms. The van der Waals surface area contributed by atoms with Crippen molar-refractivity contribution in [3.05, 3.63) is 82.4 Å². The van der Waals surface area contributed by atoms with Gasteiger partial charge in [-0.3, -0.25) is 9.69 Å².